The maximum Gasteiger partial charge on any atom is 0.340 e. The molecule has 0 saturated carbocycles. The van der Waals surface area contributed by atoms with Gasteiger partial charge in [-0.1, -0.05) is 40.2 Å². The van der Waals surface area contributed by atoms with Crippen LogP contribution in [-0.4, -0.2) is 18.6 Å². The van der Waals surface area contributed by atoms with E-state index >= 15 is 0 Å². The average Bonchev–Trinajstić information content (AvgIpc) is 2.55. The Balaban J connectivity index is 2.17. The summed E-state index contributed by atoms with van der Waals surface area (Å²) in [4.78, 5) is 24.1. The number of hydrogen-bond donors (Lipinski definition) is 2. The molecule has 0 atom stereocenters. The summed E-state index contributed by atoms with van der Waals surface area (Å²) >= 11 is 9.04. The third-order valence-electron chi connectivity index (χ3n) is 2.96. The number of rotatable bonds is 5. The number of esters is 1. The molecule has 2 aromatic carbocycles. The van der Waals surface area contributed by atoms with E-state index in [-0.39, 0.29) is 23.5 Å². The minimum atomic E-state index is -0.735. The smallest absolute Gasteiger partial charge is 0.340 e. The van der Waals surface area contributed by atoms with Crippen LogP contribution in [0.25, 0.3) is 0 Å². The lowest BCUT2D eigenvalue weighted by molar-refractivity contribution is 0.0551. The Hall–Kier alpha value is -2.38. The number of urea groups is 1. The van der Waals surface area contributed by atoms with E-state index in [0.29, 0.717) is 9.50 Å². The van der Waals surface area contributed by atoms with Gasteiger partial charge in [0, 0.05) is 9.50 Å². The van der Waals surface area contributed by atoms with Crippen LogP contribution in [0.5, 0.6) is 0 Å². The fourth-order valence-electron chi connectivity index (χ4n) is 1.88. The highest BCUT2D eigenvalue weighted by Crippen LogP contribution is 2.23. The van der Waals surface area contributed by atoms with Gasteiger partial charge in [0.05, 0.1) is 16.9 Å². The Labute approximate surface area is 156 Å². The van der Waals surface area contributed by atoms with Gasteiger partial charge in [-0.25, -0.2) is 14.0 Å². The number of hydrogen-bond acceptors (Lipinski definition) is 3. The summed E-state index contributed by atoms with van der Waals surface area (Å²) in [5.74, 6) is -1.26. The molecule has 0 aliphatic heterocycles. The fraction of sp³-hybridized carbons (Fsp3) is 0.0588. The molecule has 2 N–H and O–H groups in total. The summed E-state index contributed by atoms with van der Waals surface area (Å²) in [5.41, 5.74) is 0.229. The molecule has 0 aliphatic carbocycles. The number of carbonyl (C=O) groups is 2. The van der Waals surface area contributed by atoms with E-state index < -0.39 is 17.8 Å². The van der Waals surface area contributed by atoms with E-state index in [4.69, 9.17) is 16.3 Å². The van der Waals surface area contributed by atoms with Gasteiger partial charge in [-0.05, 0) is 36.4 Å². The van der Waals surface area contributed by atoms with Crippen LogP contribution in [0.3, 0.4) is 0 Å². The highest BCUT2D eigenvalue weighted by atomic mass is 79.9. The van der Waals surface area contributed by atoms with Crippen LogP contribution in [0.1, 0.15) is 10.4 Å². The molecule has 0 unspecified atom stereocenters. The van der Waals surface area contributed by atoms with Crippen molar-refractivity contribution >= 4 is 50.9 Å². The lowest BCUT2D eigenvalue weighted by Crippen LogP contribution is -2.22. The minimum absolute atomic E-state index is 0.0153. The second-order valence-corrected chi connectivity index (χ2v) is 6.13. The van der Waals surface area contributed by atoms with E-state index in [1.807, 2.05) is 0 Å². The van der Waals surface area contributed by atoms with Crippen molar-refractivity contribution in [2.45, 2.75) is 0 Å². The van der Waals surface area contributed by atoms with Crippen molar-refractivity contribution in [3.63, 3.8) is 0 Å². The van der Waals surface area contributed by atoms with E-state index in [1.54, 1.807) is 6.07 Å². The molecular weight excluding hydrogens is 415 g/mol. The second kappa shape index (κ2) is 8.64. The molecule has 25 heavy (non-hydrogen) atoms. The summed E-state index contributed by atoms with van der Waals surface area (Å²) in [6, 6.07) is 7.76. The van der Waals surface area contributed by atoms with Crippen LogP contribution < -0.4 is 10.6 Å². The van der Waals surface area contributed by atoms with Crippen molar-refractivity contribution in [1.29, 1.82) is 0 Å². The number of ether oxygens (including phenoxy) is 1. The van der Waals surface area contributed by atoms with Crippen LogP contribution in [0.2, 0.25) is 5.02 Å². The fourth-order valence-corrected chi connectivity index (χ4v) is 2.38. The highest BCUT2D eigenvalue weighted by Gasteiger charge is 2.16. The maximum atomic E-state index is 13.8. The van der Waals surface area contributed by atoms with Crippen LogP contribution in [-0.2, 0) is 4.74 Å². The molecule has 5 nitrogen and oxygen atoms in total. The number of anilines is 2. The molecule has 0 fully saturated rings. The summed E-state index contributed by atoms with van der Waals surface area (Å²) in [5, 5.41) is 5.13. The van der Waals surface area contributed by atoms with Gasteiger partial charge in [-0.2, -0.15) is 0 Å². The Kier molecular flexibility index (Phi) is 6.55. The number of amides is 2. The van der Waals surface area contributed by atoms with Crippen molar-refractivity contribution in [2.24, 2.45) is 0 Å². The Bertz CT molecular complexity index is 830. The summed E-state index contributed by atoms with van der Waals surface area (Å²) in [6.45, 7) is 3.48. The molecule has 8 heteroatoms. The highest BCUT2D eigenvalue weighted by molar-refractivity contribution is 9.10. The second-order valence-electron chi connectivity index (χ2n) is 4.78. The first kappa shape index (κ1) is 19.0. The largest absolute Gasteiger partial charge is 0.458 e. The molecule has 0 radical (unpaired) electrons. The molecule has 0 heterocycles. The van der Waals surface area contributed by atoms with Crippen LogP contribution in [0.4, 0.5) is 20.6 Å². The zero-order valence-electron chi connectivity index (χ0n) is 12.8. The van der Waals surface area contributed by atoms with E-state index in [0.717, 1.165) is 0 Å². The van der Waals surface area contributed by atoms with Gasteiger partial charge < -0.3 is 15.4 Å². The van der Waals surface area contributed by atoms with Gasteiger partial charge in [0.2, 0.25) is 0 Å². The number of benzene rings is 2. The molecule has 2 rings (SSSR count). The number of nitrogens with one attached hydrogen (secondary N) is 2. The van der Waals surface area contributed by atoms with Gasteiger partial charge in [0.15, 0.2) is 0 Å². The van der Waals surface area contributed by atoms with Crippen molar-refractivity contribution < 1.29 is 18.7 Å². The van der Waals surface area contributed by atoms with Gasteiger partial charge in [0.25, 0.3) is 0 Å². The molecule has 2 aromatic rings. The van der Waals surface area contributed by atoms with Crippen molar-refractivity contribution in [2.75, 3.05) is 17.2 Å². The zero-order chi connectivity index (χ0) is 18.4. The van der Waals surface area contributed by atoms with Gasteiger partial charge in [-0.15, -0.1) is 0 Å². The predicted octanol–water partition coefficient (Wildman–Crippen LogP) is 5.23. The number of carbonyl (C=O) groups excluding carboxylic acids is 2. The van der Waals surface area contributed by atoms with Gasteiger partial charge in [0.1, 0.15) is 12.4 Å². The molecule has 0 bridgehead atoms. The first-order chi connectivity index (χ1) is 11.9. The predicted molar refractivity (Wildman–Crippen MR) is 98.7 cm³/mol. The Morgan fingerprint density at radius 2 is 1.92 bits per heavy atom. The van der Waals surface area contributed by atoms with Crippen molar-refractivity contribution in [3.8, 4) is 0 Å². The molecule has 0 spiro atoms. The molecular formula is C17H13BrClFN2O3. The SMILES string of the molecule is C=CCOC(=O)c1ccc(Cl)cc1NC(=O)Nc1ccc(Br)cc1F. The third kappa shape index (κ3) is 5.30. The molecule has 0 aromatic heterocycles. The van der Waals surface area contributed by atoms with Gasteiger partial charge in [-0.3, -0.25) is 0 Å². The normalized spacial score (nSPS) is 10.0. The van der Waals surface area contributed by atoms with Crippen LogP contribution in [0, 0.1) is 5.82 Å². The molecule has 0 aliphatic rings. The third-order valence-corrected chi connectivity index (χ3v) is 3.69. The maximum absolute atomic E-state index is 13.8. The molecule has 130 valence electrons. The van der Waals surface area contributed by atoms with Gasteiger partial charge >= 0.3 is 12.0 Å². The summed E-state index contributed by atoms with van der Waals surface area (Å²) < 4.78 is 19.3. The lowest BCUT2D eigenvalue weighted by atomic mass is 10.2. The topological polar surface area (TPSA) is 67.4 Å². The quantitative estimate of drug-likeness (QED) is 0.507. The van der Waals surface area contributed by atoms with E-state index in [2.05, 4.69) is 33.1 Å². The standard InChI is InChI=1S/C17H13BrClFN2O3/c1-2-7-25-16(23)12-5-4-11(19)9-15(12)22-17(24)21-14-6-3-10(18)8-13(14)20/h2-6,8-9H,1,7H2,(H2,21,22,24). The lowest BCUT2D eigenvalue weighted by Gasteiger charge is -2.12. The molecule has 2 amide bonds. The summed E-state index contributed by atoms with van der Waals surface area (Å²) in [7, 11) is 0. The Morgan fingerprint density at radius 3 is 2.60 bits per heavy atom. The average molecular weight is 428 g/mol. The minimum Gasteiger partial charge on any atom is -0.458 e. The summed E-state index contributed by atoms with van der Waals surface area (Å²) in [6.07, 6.45) is 1.42. The monoisotopic (exact) mass is 426 g/mol. The first-order valence-corrected chi connectivity index (χ1v) is 8.18. The Morgan fingerprint density at radius 1 is 1.20 bits per heavy atom. The van der Waals surface area contributed by atoms with Crippen molar-refractivity contribution in [1.82, 2.24) is 0 Å². The van der Waals surface area contributed by atoms with Crippen LogP contribution in [0.15, 0.2) is 53.5 Å². The molecule has 0 saturated heterocycles. The van der Waals surface area contributed by atoms with Crippen LogP contribution >= 0.6 is 27.5 Å². The van der Waals surface area contributed by atoms with E-state index in [9.17, 15) is 14.0 Å². The first-order valence-electron chi connectivity index (χ1n) is 7.01. The van der Waals surface area contributed by atoms with Crippen molar-refractivity contribution in [3.05, 3.63) is 69.9 Å². The number of halogens is 3. The van der Waals surface area contributed by atoms with E-state index in [1.165, 1.54) is 36.4 Å². The zero-order valence-corrected chi connectivity index (χ0v) is 15.2.